The Kier molecular flexibility index (Phi) is 3.64. The van der Waals surface area contributed by atoms with E-state index in [-0.39, 0.29) is 0 Å². The minimum Gasteiger partial charge on any atom is -0.329 e. The van der Waals surface area contributed by atoms with Crippen LogP contribution >= 0.6 is 11.8 Å². The number of fused-ring (bicyclic) bond motifs is 1. The monoisotopic (exact) mass is 303 g/mol. The highest BCUT2D eigenvalue weighted by atomic mass is 32.2. The van der Waals surface area contributed by atoms with Crippen LogP contribution in [0.4, 0.5) is 0 Å². The molecule has 21 heavy (non-hydrogen) atoms. The molecule has 1 aliphatic carbocycles. The zero-order valence-corrected chi connectivity index (χ0v) is 13.4. The third-order valence-corrected chi connectivity index (χ3v) is 6.82. The van der Waals surface area contributed by atoms with E-state index >= 15 is 0 Å². The van der Waals surface area contributed by atoms with Crippen molar-refractivity contribution >= 4 is 11.8 Å². The minimum atomic E-state index is 0.367. The first-order chi connectivity index (χ1) is 10.3. The first-order valence-electron chi connectivity index (χ1n) is 8.33. The Hall–Kier alpha value is -0.710. The average Bonchev–Trinajstić information content (AvgIpc) is 2.89. The van der Waals surface area contributed by atoms with Gasteiger partial charge in [0.05, 0.1) is 5.37 Å². The molecule has 3 heterocycles. The molecule has 0 radical (unpaired) electrons. The van der Waals surface area contributed by atoms with Crippen LogP contribution in [0.25, 0.3) is 0 Å². The number of nitrogens with two attached hydrogens (primary N) is 1. The fourth-order valence-corrected chi connectivity index (χ4v) is 6.12. The summed E-state index contributed by atoms with van der Waals surface area (Å²) in [4.78, 5) is 4.09. The summed E-state index contributed by atoms with van der Waals surface area (Å²) >= 11 is 2.09. The van der Waals surface area contributed by atoms with Gasteiger partial charge in [-0.2, -0.15) is 0 Å². The summed E-state index contributed by atoms with van der Waals surface area (Å²) in [6, 6.07) is 0. The smallest absolute Gasteiger partial charge is 0.0589 e. The summed E-state index contributed by atoms with van der Waals surface area (Å²) in [7, 11) is 0. The first-order valence-corrected chi connectivity index (χ1v) is 9.21. The van der Waals surface area contributed by atoms with Crippen LogP contribution in [-0.2, 0) is 0 Å². The second-order valence-corrected chi connectivity index (χ2v) is 7.82. The van der Waals surface area contributed by atoms with E-state index in [0.29, 0.717) is 10.8 Å². The van der Waals surface area contributed by atoms with Crippen LogP contribution in [-0.4, -0.2) is 23.4 Å². The highest BCUT2D eigenvalue weighted by molar-refractivity contribution is 8.04. The van der Waals surface area contributed by atoms with Crippen LogP contribution in [0.1, 0.15) is 44.9 Å². The van der Waals surface area contributed by atoms with Gasteiger partial charge in [0.25, 0.3) is 0 Å². The normalized spacial score (nSPS) is 34.4. The Morgan fingerprint density at radius 3 is 3.24 bits per heavy atom. The molecule has 0 aromatic carbocycles. The molecule has 0 amide bonds. The fourth-order valence-electron chi connectivity index (χ4n) is 4.38. The van der Waals surface area contributed by atoms with Gasteiger partial charge in [-0.15, -0.1) is 11.8 Å². The Morgan fingerprint density at radius 1 is 1.38 bits per heavy atom. The molecule has 1 saturated heterocycles. The van der Waals surface area contributed by atoms with Crippen molar-refractivity contribution in [1.82, 2.24) is 10.2 Å². The van der Waals surface area contributed by atoms with Crippen LogP contribution in [0, 0.1) is 5.41 Å². The van der Waals surface area contributed by atoms with Crippen LogP contribution in [0.5, 0.6) is 0 Å². The Labute approximate surface area is 131 Å². The quantitative estimate of drug-likeness (QED) is 0.839. The summed E-state index contributed by atoms with van der Waals surface area (Å²) in [5.41, 5.74) is 9.30. The SMILES string of the molecule is NCCNC1CC23CCCCC2=CN2C=CCCC2=C3S1. The largest absolute Gasteiger partial charge is 0.329 e. The van der Waals surface area contributed by atoms with Crippen molar-refractivity contribution in [3.05, 3.63) is 34.7 Å². The number of hydrogen-bond donors (Lipinski definition) is 2. The van der Waals surface area contributed by atoms with Gasteiger partial charge in [-0.3, -0.25) is 0 Å². The highest BCUT2D eigenvalue weighted by Crippen LogP contribution is 2.63. The Bertz CT molecular complexity index is 522. The predicted octanol–water partition coefficient (Wildman–Crippen LogP) is 3.28. The van der Waals surface area contributed by atoms with E-state index < -0.39 is 0 Å². The van der Waals surface area contributed by atoms with E-state index in [4.69, 9.17) is 5.73 Å². The molecule has 0 aromatic rings. The third kappa shape index (κ3) is 2.19. The molecule has 1 spiro atoms. The Balaban J connectivity index is 1.72. The van der Waals surface area contributed by atoms with E-state index in [1.54, 1.807) is 16.2 Å². The number of allylic oxidation sites excluding steroid dienone is 4. The fraction of sp³-hybridized carbons (Fsp3) is 0.647. The van der Waals surface area contributed by atoms with Crippen LogP contribution < -0.4 is 11.1 Å². The van der Waals surface area contributed by atoms with Crippen molar-refractivity contribution in [2.24, 2.45) is 11.1 Å². The summed E-state index contributed by atoms with van der Waals surface area (Å²) in [6.45, 7) is 1.66. The van der Waals surface area contributed by atoms with Crippen molar-refractivity contribution in [3.63, 3.8) is 0 Å². The third-order valence-electron chi connectivity index (χ3n) is 5.34. The maximum Gasteiger partial charge on any atom is 0.0589 e. The lowest BCUT2D eigenvalue weighted by Crippen LogP contribution is -2.35. The van der Waals surface area contributed by atoms with Crippen LogP contribution in [0.3, 0.4) is 0 Å². The van der Waals surface area contributed by atoms with E-state index in [9.17, 15) is 0 Å². The van der Waals surface area contributed by atoms with Crippen LogP contribution in [0.15, 0.2) is 34.7 Å². The summed E-state index contributed by atoms with van der Waals surface area (Å²) in [5, 5.41) is 4.20. The lowest BCUT2D eigenvalue weighted by Gasteiger charge is -2.44. The molecule has 0 aromatic heterocycles. The molecule has 4 heteroatoms. The van der Waals surface area contributed by atoms with Crippen molar-refractivity contribution in [2.75, 3.05) is 13.1 Å². The second-order valence-electron chi connectivity index (χ2n) is 6.60. The van der Waals surface area contributed by atoms with Crippen molar-refractivity contribution in [3.8, 4) is 0 Å². The van der Waals surface area contributed by atoms with Gasteiger partial charge < -0.3 is 16.0 Å². The minimum absolute atomic E-state index is 0.367. The molecule has 114 valence electrons. The summed E-state index contributed by atoms with van der Waals surface area (Å²) in [5.74, 6) is 0. The molecular weight excluding hydrogens is 278 g/mol. The molecule has 0 bridgehead atoms. The van der Waals surface area contributed by atoms with Crippen molar-refractivity contribution in [1.29, 1.82) is 0 Å². The van der Waals surface area contributed by atoms with Crippen molar-refractivity contribution < 1.29 is 0 Å². The van der Waals surface area contributed by atoms with E-state index in [0.717, 1.165) is 13.1 Å². The number of nitrogens with zero attached hydrogens (tertiary/aromatic N) is 1. The molecule has 2 unspecified atom stereocenters. The molecule has 4 rings (SSSR count). The van der Waals surface area contributed by atoms with Gasteiger partial charge in [-0.1, -0.05) is 12.5 Å². The molecule has 2 fully saturated rings. The zero-order valence-electron chi connectivity index (χ0n) is 12.6. The number of rotatable bonds is 3. The van der Waals surface area contributed by atoms with Gasteiger partial charge in [-0.25, -0.2) is 0 Å². The summed E-state index contributed by atoms with van der Waals surface area (Å²) < 4.78 is 0. The number of hydrogen-bond acceptors (Lipinski definition) is 4. The van der Waals surface area contributed by atoms with Gasteiger partial charge in [0.15, 0.2) is 0 Å². The maximum atomic E-state index is 5.68. The second kappa shape index (κ2) is 5.49. The molecular formula is C17H25N3S. The molecule has 1 saturated carbocycles. The van der Waals surface area contributed by atoms with Gasteiger partial charge in [0, 0.05) is 41.5 Å². The zero-order chi connectivity index (χ0) is 14.3. The number of thioether (sulfide) groups is 1. The molecule has 3 nitrogen and oxygen atoms in total. The molecule has 3 aliphatic heterocycles. The maximum absolute atomic E-state index is 5.68. The predicted molar refractivity (Wildman–Crippen MR) is 89.3 cm³/mol. The molecule has 3 N–H and O–H groups in total. The van der Waals surface area contributed by atoms with E-state index in [1.165, 1.54) is 44.9 Å². The van der Waals surface area contributed by atoms with Crippen molar-refractivity contribution in [2.45, 2.75) is 50.3 Å². The lowest BCUT2D eigenvalue weighted by molar-refractivity contribution is 0.294. The van der Waals surface area contributed by atoms with E-state index in [1.807, 2.05) is 0 Å². The Morgan fingerprint density at radius 2 is 2.33 bits per heavy atom. The van der Waals surface area contributed by atoms with Gasteiger partial charge in [0.2, 0.25) is 0 Å². The molecule has 4 aliphatic rings. The van der Waals surface area contributed by atoms with Gasteiger partial charge in [-0.05, 0) is 44.1 Å². The summed E-state index contributed by atoms with van der Waals surface area (Å²) in [6.07, 6.45) is 16.1. The molecule has 2 atom stereocenters. The van der Waals surface area contributed by atoms with Gasteiger partial charge >= 0.3 is 0 Å². The van der Waals surface area contributed by atoms with E-state index in [2.05, 4.69) is 40.5 Å². The van der Waals surface area contributed by atoms with Gasteiger partial charge in [0.1, 0.15) is 0 Å². The first kappa shape index (κ1) is 13.9. The average molecular weight is 303 g/mol. The number of nitrogens with one attached hydrogen (secondary N) is 1. The topological polar surface area (TPSA) is 41.3 Å². The highest BCUT2D eigenvalue weighted by Gasteiger charge is 2.51. The van der Waals surface area contributed by atoms with Crippen LogP contribution in [0.2, 0.25) is 0 Å². The standard InChI is InChI=1S/C17H25N3S/c18-8-9-19-15-11-17-7-3-1-5-13(17)12-20-10-4-2-6-14(20)16(17)21-15/h4,10,12,15,19H,1-3,5-9,11,18H2. The lowest BCUT2D eigenvalue weighted by atomic mass is 9.66.